The van der Waals surface area contributed by atoms with Gasteiger partial charge in [-0.15, -0.1) is 0 Å². The number of pyridine rings is 1. The largest absolute Gasteiger partial charge is 0.481 e. The molecule has 0 atom stereocenters. The van der Waals surface area contributed by atoms with Gasteiger partial charge in [0.2, 0.25) is 11.8 Å². The van der Waals surface area contributed by atoms with E-state index in [1.54, 1.807) is 20.2 Å². The molecule has 0 unspecified atom stereocenters. The number of aromatic nitrogens is 1. The van der Waals surface area contributed by atoms with E-state index >= 15 is 0 Å². The van der Waals surface area contributed by atoms with Crippen LogP contribution in [0.1, 0.15) is 25.3 Å². The van der Waals surface area contributed by atoms with Crippen molar-refractivity contribution in [3.63, 3.8) is 0 Å². The summed E-state index contributed by atoms with van der Waals surface area (Å²) in [6, 6.07) is 4.49. The van der Waals surface area contributed by atoms with Gasteiger partial charge >= 0.3 is 0 Å². The number of piperidine rings is 1. The van der Waals surface area contributed by atoms with E-state index in [1.807, 2.05) is 17.0 Å². The van der Waals surface area contributed by atoms with Crippen LogP contribution in [0.15, 0.2) is 18.3 Å². The molecule has 1 saturated heterocycles. The van der Waals surface area contributed by atoms with Crippen molar-refractivity contribution in [3.8, 4) is 5.88 Å². The lowest BCUT2D eigenvalue weighted by Gasteiger charge is -2.36. The molecule has 0 N–H and O–H groups in total. The summed E-state index contributed by atoms with van der Waals surface area (Å²) in [5, 5.41) is 0. The predicted octanol–water partition coefficient (Wildman–Crippen LogP) is 1.53. The Labute approximate surface area is 120 Å². The minimum atomic E-state index is 0.181. The molecule has 0 aliphatic carbocycles. The quantitative estimate of drug-likeness (QED) is 0.837. The first-order valence-corrected chi connectivity index (χ1v) is 7.05. The van der Waals surface area contributed by atoms with Gasteiger partial charge < -0.3 is 9.64 Å². The minimum Gasteiger partial charge on any atom is -0.481 e. The van der Waals surface area contributed by atoms with Crippen LogP contribution in [0.2, 0.25) is 0 Å². The zero-order valence-corrected chi connectivity index (χ0v) is 12.5. The summed E-state index contributed by atoms with van der Waals surface area (Å²) >= 11 is 0. The van der Waals surface area contributed by atoms with Gasteiger partial charge in [0.05, 0.1) is 7.11 Å². The van der Waals surface area contributed by atoms with Gasteiger partial charge in [-0.3, -0.25) is 9.69 Å². The maximum Gasteiger partial charge on any atom is 0.219 e. The Balaban J connectivity index is 1.92. The molecule has 5 heteroatoms. The van der Waals surface area contributed by atoms with Gasteiger partial charge in [-0.2, -0.15) is 0 Å². The van der Waals surface area contributed by atoms with Gasteiger partial charge in [-0.05, 0) is 26.0 Å². The molecule has 1 aliphatic rings. The first kappa shape index (κ1) is 14.8. The third kappa shape index (κ3) is 3.48. The summed E-state index contributed by atoms with van der Waals surface area (Å²) in [4.78, 5) is 19.8. The van der Waals surface area contributed by atoms with Gasteiger partial charge in [0.1, 0.15) is 0 Å². The van der Waals surface area contributed by atoms with Gasteiger partial charge in [0.15, 0.2) is 0 Å². The van der Waals surface area contributed by atoms with Crippen LogP contribution in [0.4, 0.5) is 0 Å². The smallest absolute Gasteiger partial charge is 0.219 e. The summed E-state index contributed by atoms with van der Waals surface area (Å²) < 4.78 is 5.29. The van der Waals surface area contributed by atoms with Crippen LogP contribution >= 0.6 is 0 Å². The Bertz CT molecular complexity index is 456. The minimum absolute atomic E-state index is 0.181. The third-order valence-corrected chi connectivity index (χ3v) is 4.00. The van der Waals surface area contributed by atoms with Gasteiger partial charge in [-0.25, -0.2) is 4.98 Å². The molecule has 20 heavy (non-hydrogen) atoms. The lowest BCUT2D eigenvalue weighted by molar-refractivity contribution is -0.130. The second kappa shape index (κ2) is 6.70. The van der Waals surface area contributed by atoms with E-state index in [0.29, 0.717) is 11.9 Å². The molecule has 0 spiro atoms. The normalized spacial score (nSPS) is 16.5. The van der Waals surface area contributed by atoms with Crippen molar-refractivity contribution in [1.29, 1.82) is 0 Å². The molecule has 0 radical (unpaired) electrons. The van der Waals surface area contributed by atoms with Crippen LogP contribution in [-0.2, 0) is 11.3 Å². The van der Waals surface area contributed by atoms with Gasteiger partial charge in [-0.1, -0.05) is 6.07 Å². The zero-order valence-electron chi connectivity index (χ0n) is 12.5. The van der Waals surface area contributed by atoms with Gasteiger partial charge in [0.25, 0.3) is 0 Å². The highest BCUT2D eigenvalue weighted by molar-refractivity contribution is 5.73. The number of hydrogen-bond donors (Lipinski definition) is 0. The van der Waals surface area contributed by atoms with Crippen molar-refractivity contribution in [1.82, 2.24) is 14.8 Å². The van der Waals surface area contributed by atoms with Crippen LogP contribution in [0.3, 0.4) is 0 Å². The molecule has 1 fully saturated rings. The molecule has 2 rings (SSSR count). The van der Waals surface area contributed by atoms with Crippen molar-refractivity contribution in [3.05, 3.63) is 23.9 Å². The molecule has 1 aliphatic heterocycles. The Morgan fingerprint density at radius 2 is 2.20 bits per heavy atom. The number of hydrogen-bond acceptors (Lipinski definition) is 4. The lowest BCUT2D eigenvalue weighted by Crippen LogP contribution is -2.44. The SMILES string of the molecule is COc1ncccc1CN(C)C1CCN(C(C)=O)CC1. The molecule has 2 heterocycles. The molecule has 0 bridgehead atoms. The molecular formula is C15H23N3O2. The number of nitrogens with zero attached hydrogens (tertiary/aromatic N) is 3. The molecule has 0 aromatic carbocycles. The standard InChI is InChI=1S/C15H23N3O2/c1-12(19)18-9-6-14(7-10-18)17(2)11-13-5-4-8-16-15(13)20-3/h4-5,8,14H,6-7,9-11H2,1-3H3. The van der Waals surface area contributed by atoms with Crippen molar-refractivity contribution in [2.45, 2.75) is 32.4 Å². The average molecular weight is 277 g/mol. The van der Waals surface area contributed by atoms with Crippen LogP contribution in [0.5, 0.6) is 5.88 Å². The highest BCUT2D eigenvalue weighted by Crippen LogP contribution is 2.21. The number of likely N-dealkylation sites (tertiary alicyclic amines) is 1. The average Bonchev–Trinajstić information content (AvgIpc) is 2.48. The van der Waals surface area contributed by atoms with E-state index in [9.17, 15) is 4.79 Å². The molecule has 110 valence electrons. The monoisotopic (exact) mass is 277 g/mol. The first-order chi connectivity index (χ1) is 9.61. The topological polar surface area (TPSA) is 45.7 Å². The summed E-state index contributed by atoms with van der Waals surface area (Å²) in [5.41, 5.74) is 1.10. The molecule has 1 aromatic rings. The van der Waals surface area contributed by atoms with Crippen molar-refractivity contribution in [2.75, 3.05) is 27.2 Å². The van der Waals surface area contributed by atoms with E-state index in [0.717, 1.165) is 38.0 Å². The van der Waals surface area contributed by atoms with Crippen molar-refractivity contribution in [2.24, 2.45) is 0 Å². The predicted molar refractivity (Wildman–Crippen MR) is 77.5 cm³/mol. The van der Waals surface area contributed by atoms with Crippen LogP contribution < -0.4 is 4.74 Å². The van der Waals surface area contributed by atoms with E-state index in [2.05, 4.69) is 16.9 Å². The molecule has 5 nitrogen and oxygen atoms in total. The van der Waals surface area contributed by atoms with Crippen LogP contribution in [0, 0.1) is 0 Å². The Morgan fingerprint density at radius 1 is 1.50 bits per heavy atom. The Kier molecular flexibility index (Phi) is 4.95. The summed E-state index contributed by atoms with van der Waals surface area (Å²) in [6.45, 7) is 4.18. The first-order valence-electron chi connectivity index (χ1n) is 7.05. The van der Waals surface area contributed by atoms with Crippen LogP contribution in [-0.4, -0.2) is 54.0 Å². The molecule has 1 amide bonds. The van der Waals surface area contributed by atoms with Crippen molar-refractivity contribution >= 4 is 5.91 Å². The number of carbonyl (C=O) groups is 1. The summed E-state index contributed by atoms with van der Waals surface area (Å²) in [6.07, 6.45) is 3.80. The maximum atomic E-state index is 11.3. The number of ether oxygens (including phenoxy) is 1. The summed E-state index contributed by atoms with van der Waals surface area (Å²) in [5.74, 6) is 0.876. The van der Waals surface area contributed by atoms with E-state index in [4.69, 9.17) is 4.74 Å². The van der Waals surface area contributed by atoms with E-state index < -0.39 is 0 Å². The Hall–Kier alpha value is -1.62. The fraction of sp³-hybridized carbons (Fsp3) is 0.600. The molecule has 1 aromatic heterocycles. The highest BCUT2D eigenvalue weighted by atomic mass is 16.5. The Morgan fingerprint density at radius 3 is 2.80 bits per heavy atom. The fourth-order valence-corrected chi connectivity index (χ4v) is 2.75. The highest BCUT2D eigenvalue weighted by Gasteiger charge is 2.24. The number of rotatable bonds is 4. The molecule has 0 saturated carbocycles. The number of carbonyl (C=O) groups excluding carboxylic acids is 1. The van der Waals surface area contributed by atoms with Crippen molar-refractivity contribution < 1.29 is 9.53 Å². The third-order valence-electron chi connectivity index (χ3n) is 4.00. The van der Waals surface area contributed by atoms with Gasteiger partial charge in [0, 0.05) is 44.4 Å². The lowest BCUT2D eigenvalue weighted by atomic mass is 10.0. The maximum absolute atomic E-state index is 11.3. The fourth-order valence-electron chi connectivity index (χ4n) is 2.75. The number of methoxy groups -OCH3 is 1. The second-order valence-electron chi connectivity index (χ2n) is 5.32. The van der Waals surface area contributed by atoms with Crippen LogP contribution in [0.25, 0.3) is 0 Å². The molecular weight excluding hydrogens is 254 g/mol. The second-order valence-corrected chi connectivity index (χ2v) is 5.32. The van der Waals surface area contributed by atoms with E-state index in [-0.39, 0.29) is 5.91 Å². The number of amides is 1. The zero-order chi connectivity index (χ0) is 14.5. The summed E-state index contributed by atoms with van der Waals surface area (Å²) in [7, 11) is 3.78. The van der Waals surface area contributed by atoms with E-state index in [1.165, 1.54) is 0 Å².